The van der Waals surface area contributed by atoms with Gasteiger partial charge in [-0.3, -0.25) is 5.32 Å². The largest absolute Gasteiger partial charge is 0.315 e. The minimum absolute atomic E-state index is 0.00500. The molecule has 0 radical (unpaired) electrons. The van der Waals surface area contributed by atoms with Gasteiger partial charge in [-0.2, -0.15) is 9.98 Å². The van der Waals surface area contributed by atoms with Crippen molar-refractivity contribution in [3.63, 3.8) is 0 Å². The maximum Gasteiger partial charge on any atom is 0.236 e. The van der Waals surface area contributed by atoms with Crippen molar-refractivity contribution in [1.82, 2.24) is 16.0 Å². The molecule has 1 aliphatic rings. The first kappa shape index (κ1) is 15.7. The Morgan fingerprint density at radius 3 is 2.16 bits per heavy atom. The molecule has 1 rings (SSSR count). The van der Waals surface area contributed by atoms with Crippen LogP contribution in [0.5, 0.6) is 0 Å². The van der Waals surface area contributed by atoms with Crippen LogP contribution in [-0.2, 0) is 9.59 Å². The van der Waals surface area contributed by atoms with Crippen molar-refractivity contribution in [2.24, 2.45) is 9.98 Å². The van der Waals surface area contributed by atoms with Gasteiger partial charge in [0.05, 0.1) is 5.54 Å². The first-order valence-electron chi connectivity index (χ1n) is 6.22. The molecule has 0 spiro atoms. The van der Waals surface area contributed by atoms with Crippen LogP contribution < -0.4 is 16.0 Å². The normalized spacial score (nSPS) is 38.1. The minimum atomic E-state index is -0.766. The van der Waals surface area contributed by atoms with E-state index in [1.54, 1.807) is 19.2 Å². The third-order valence-corrected chi connectivity index (χ3v) is 3.99. The Balaban J connectivity index is 3.26. The lowest BCUT2D eigenvalue weighted by atomic mass is 9.70. The minimum Gasteiger partial charge on any atom is -0.315 e. The Labute approximate surface area is 113 Å². The van der Waals surface area contributed by atoms with Crippen LogP contribution in [-0.4, -0.2) is 56.6 Å². The number of nitrogens with one attached hydrogen (secondary N) is 3. The summed E-state index contributed by atoms with van der Waals surface area (Å²) in [5.74, 6) is 0. The molecule has 0 aromatic rings. The van der Waals surface area contributed by atoms with Crippen LogP contribution in [0.15, 0.2) is 9.98 Å². The Morgan fingerprint density at radius 2 is 1.74 bits per heavy atom. The number of hydrogen-bond donors (Lipinski definition) is 3. The van der Waals surface area contributed by atoms with Gasteiger partial charge in [0.1, 0.15) is 5.66 Å². The Morgan fingerprint density at radius 1 is 1.11 bits per heavy atom. The van der Waals surface area contributed by atoms with Gasteiger partial charge in [-0.1, -0.05) is 0 Å². The molecular formula is C12H21N5O2. The molecule has 7 heteroatoms. The summed E-state index contributed by atoms with van der Waals surface area (Å²) >= 11 is 0. The molecule has 0 aromatic carbocycles. The molecule has 0 aromatic heterocycles. The summed E-state index contributed by atoms with van der Waals surface area (Å²) in [6.45, 7) is 1.86. The zero-order valence-electron chi connectivity index (χ0n) is 11.8. The average molecular weight is 267 g/mol. The SMILES string of the molecule is CNC1CC(N=C=O)(NC)CC(C)(N=C=O)C1NC. The summed E-state index contributed by atoms with van der Waals surface area (Å²) in [5.41, 5.74) is -1.47. The van der Waals surface area contributed by atoms with Gasteiger partial charge in [0.15, 0.2) is 0 Å². The van der Waals surface area contributed by atoms with Gasteiger partial charge in [-0.05, 0) is 28.1 Å². The maximum absolute atomic E-state index is 10.7. The summed E-state index contributed by atoms with van der Waals surface area (Å²) in [4.78, 5) is 29.3. The molecular weight excluding hydrogens is 246 g/mol. The van der Waals surface area contributed by atoms with E-state index in [0.29, 0.717) is 12.8 Å². The predicted molar refractivity (Wildman–Crippen MR) is 71.4 cm³/mol. The van der Waals surface area contributed by atoms with Gasteiger partial charge in [0.25, 0.3) is 0 Å². The summed E-state index contributed by atoms with van der Waals surface area (Å²) in [6, 6.07) is -0.0484. The molecule has 19 heavy (non-hydrogen) atoms. The lowest BCUT2D eigenvalue weighted by Gasteiger charge is -2.49. The van der Waals surface area contributed by atoms with Crippen molar-refractivity contribution >= 4 is 12.2 Å². The molecule has 0 heterocycles. The highest BCUT2D eigenvalue weighted by Gasteiger charge is 2.51. The quantitative estimate of drug-likeness (QED) is 0.452. The Kier molecular flexibility index (Phi) is 5.11. The van der Waals surface area contributed by atoms with Crippen molar-refractivity contribution in [3.05, 3.63) is 0 Å². The van der Waals surface area contributed by atoms with E-state index < -0.39 is 11.2 Å². The van der Waals surface area contributed by atoms with Crippen molar-refractivity contribution in [2.45, 2.75) is 43.1 Å². The number of nitrogens with zero attached hydrogens (tertiary/aromatic N) is 2. The molecule has 1 aliphatic carbocycles. The Hall–Kier alpha value is -1.36. The van der Waals surface area contributed by atoms with E-state index in [1.165, 1.54) is 0 Å². The lowest BCUT2D eigenvalue weighted by molar-refractivity contribution is 0.111. The molecule has 0 saturated heterocycles. The molecule has 0 aliphatic heterocycles. The second-order valence-corrected chi connectivity index (χ2v) is 5.09. The number of rotatable bonds is 5. The second kappa shape index (κ2) is 6.19. The molecule has 4 unspecified atom stereocenters. The fourth-order valence-electron chi connectivity index (χ4n) is 3.10. The second-order valence-electron chi connectivity index (χ2n) is 5.09. The average Bonchev–Trinajstić information content (AvgIpc) is 2.38. The molecule has 1 saturated carbocycles. The number of isocyanates is 2. The number of carbonyl (C=O) groups excluding carboxylic acids is 2. The van der Waals surface area contributed by atoms with Crippen LogP contribution in [0.4, 0.5) is 0 Å². The van der Waals surface area contributed by atoms with Gasteiger partial charge < -0.3 is 10.6 Å². The van der Waals surface area contributed by atoms with Gasteiger partial charge in [0, 0.05) is 24.9 Å². The van der Waals surface area contributed by atoms with Gasteiger partial charge in [-0.15, -0.1) is 0 Å². The van der Waals surface area contributed by atoms with Crippen molar-refractivity contribution in [2.75, 3.05) is 21.1 Å². The van der Waals surface area contributed by atoms with Crippen molar-refractivity contribution in [3.8, 4) is 0 Å². The van der Waals surface area contributed by atoms with Crippen LogP contribution in [0.25, 0.3) is 0 Å². The third-order valence-electron chi connectivity index (χ3n) is 3.99. The highest BCUT2D eigenvalue weighted by atomic mass is 16.1. The highest BCUT2D eigenvalue weighted by molar-refractivity contribution is 5.38. The van der Waals surface area contributed by atoms with E-state index in [1.807, 2.05) is 21.0 Å². The fraction of sp³-hybridized carbons (Fsp3) is 0.833. The third kappa shape index (κ3) is 2.97. The van der Waals surface area contributed by atoms with Crippen LogP contribution >= 0.6 is 0 Å². The van der Waals surface area contributed by atoms with Gasteiger partial charge in [-0.25, -0.2) is 9.59 Å². The zero-order chi connectivity index (χ0) is 14.5. The van der Waals surface area contributed by atoms with E-state index in [0.717, 1.165) is 0 Å². The lowest BCUT2D eigenvalue weighted by Crippen LogP contribution is -2.68. The maximum atomic E-state index is 10.7. The summed E-state index contributed by atoms with van der Waals surface area (Å²) in [6.07, 6.45) is 4.26. The van der Waals surface area contributed by atoms with Gasteiger partial charge >= 0.3 is 0 Å². The van der Waals surface area contributed by atoms with Crippen LogP contribution in [0, 0.1) is 0 Å². The fourth-order valence-corrected chi connectivity index (χ4v) is 3.10. The summed E-state index contributed by atoms with van der Waals surface area (Å²) < 4.78 is 0. The smallest absolute Gasteiger partial charge is 0.236 e. The summed E-state index contributed by atoms with van der Waals surface area (Å²) in [7, 11) is 5.39. The molecule has 1 fully saturated rings. The Bertz CT molecular complexity index is 416. The topological polar surface area (TPSA) is 94.9 Å². The van der Waals surface area contributed by atoms with Crippen molar-refractivity contribution < 1.29 is 9.59 Å². The molecule has 0 bridgehead atoms. The van der Waals surface area contributed by atoms with Gasteiger partial charge in [0.2, 0.25) is 12.2 Å². The standard InChI is InChI=1S/C12H21N5O2/c1-11(16-7-18)6-12(15-4,17-8-19)5-9(13-2)10(11)14-3/h9-10,13-15H,5-6H2,1-4H3. The molecule has 106 valence electrons. The van der Waals surface area contributed by atoms with Crippen LogP contribution in [0.2, 0.25) is 0 Å². The highest BCUT2D eigenvalue weighted by Crippen LogP contribution is 2.38. The number of likely N-dealkylation sites (N-methyl/N-ethyl adjacent to an activating group) is 2. The predicted octanol–water partition coefficient (Wildman–Crippen LogP) is -0.698. The summed E-state index contributed by atoms with van der Waals surface area (Å²) in [5, 5.41) is 9.42. The van der Waals surface area contributed by atoms with E-state index in [-0.39, 0.29) is 12.1 Å². The van der Waals surface area contributed by atoms with E-state index in [2.05, 4.69) is 25.9 Å². The molecule has 7 nitrogen and oxygen atoms in total. The first-order valence-corrected chi connectivity index (χ1v) is 6.22. The molecule has 0 amide bonds. The van der Waals surface area contributed by atoms with E-state index in [9.17, 15) is 9.59 Å². The zero-order valence-corrected chi connectivity index (χ0v) is 11.8. The number of hydrogen-bond acceptors (Lipinski definition) is 7. The van der Waals surface area contributed by atoms with Crippen LogP contribution in [0.3, 0.4) is 0 Å². The first-order chi connectivity index (χ1) is 9.00. The van der Waals surface area contributed by atoms with Crippen LogP contribution in [0.1, 0.15) is 19.8 Å². The van der Waals surface area contributed by atoms with Crippen molar-refractivity contribution in [1.29, 1.82) is 0 Å². The monoisotopic (exact) mass is 267 g/mol. The number of aliphatic imine (C=N–C) groups is 2. The van der Waals surface area contributed by atoms with E-state index >= 15 is 0 Å². The van der Waals surface area contributed by atoms with E-state index in [4.69, 9.17) is 0 Å². The molecule has 4 atom stereocenters. The molecule has 3 N–H and O–H groups in total.